The maximum absolute atomic E-state index is 5.81. The number of ether oxygens (including phenoxy) is 3. The Hall–Kier alpha value is -1.88. The van der Waals surface area contributed by atoms with Crippen LogP contribution in [0, 0.1) is 0 Å². The average Bonchev–Trinajstić information content (AvgIpc) is 2.79. The Morgan fingerprint density at radius 3 is 2.22 bits per heavy atom. The molecule has 5 nitrogen and oxygen atoms in total. The molecule has 18 heavy (non-hydrogen) atoms. The van der Waals surface area contributed by atoms with Crippen molar-refractivity contribution < 1.29 is 18.6 Å². The van der Waals surface area contributed by atoms with E-state index in [-0.39, 0.29) is 6.04 Å². The van der Waals surface area contributed by atoms with Crippen LogP contribution in [0.15, 0.2) is 16.5 Å². The molecule has 0 radical (unpaired) electrons. The molecule has 0 aliphatic heterocycles. The minimum Gasteiger partial charge on any atom is -0.493 e. The van der Waals surface area contributed by atoms with Crippen LogP contribution in [0.2, 0.25) is 0 Å². The number of furan rings is 1. The number of benzene rings is 1. The fourth-order valence-electron chi connectivity index (χ4n) is 1.90. The fraction of sp³-hybridized carbons (Fsp3) is 0.385. The van der Waals surface area contributed by atoms with E-state index in [0.29, 0.717) is 28.6 Å². The second-order valence-corrected chi connectivity index (χ2v) is 3.99. The largest absolute Gasteiger partial charge is 0.493 e. The first kappa shape index (κ1) is 12.6. The first-order valence-electron chi connectivity index (χ1n) is 5.60. The lowest BCUT2D eigenvalue weighted by molar-refractivity contribution is 0.326. The summed E-state index contributed by atoms with van der Waals surface area (Å²) in [6.45, 7) is 1.86. The zero-order valence-corrected chi connectivity index (χ0v) is 10.9. The van der Waals surface area contributed by atoms with Gasteiger partial charge in [-0.25, -0.2) is 0 Å². The smallest absolute Gasteiger partial charge is 0.204 e. The third-order valence-electron chi connectivity index (χ3n) is 2.79. The number of hydrogen-bond donors (Lipinski definition) is 1. The van der Waals surface area contributed by atoms with E-state index >= 15 is 0 Å². The molecular formula is C13H17NO4. The first-order chi connectivity index (χ1) is 8.62. The topological polar surface area (TPSA) is 66.9 Å². The molecule has 1 heterocycles. The monoisotopic (exact) mass is 251 g/mol. The summed E-state index contributed by atoms with van der Waals surface area (Å²) >= 11 is 0. The molecule has 0 saturated carbocycles. The van der Waals surface area contributed by atoms with Crippen LogP contribution in [0.3, 0.4) is 0 Å². The predicted molar refractivity (Wildman–Crippen MR) is 68.5 cm³/mol. The van der Waals surface area contributed by atoms with Crippen molar-refractivity contribution in [3.05, 3.63) is 17.9 Å². The lowest BCUT2D eigenvalue weighted by Crippen LogP contribution is -2.02. The quantitative estimate of drug-likeness (QED) is 0.904. The van der Waals surface area contributed by atoms with Crippen LogP contribution in [-0.2, 0) is 0 Å². The molecular weight excluding hydrogens is 234 g/mol. The molecule has 0 aliphatic carbocycles. The number of hydrogen-bond acceptors (Lipinski definition) is 5. The molecule has 1 aromatic carbocycles. The van der Waals surface area contributed by atoms with E-state index in [4.69, 9.17) is 24.4 Å². The summed E-state index contributed by atoms with van der Waals surface area (Å²) in [5.74, 6) is 2.39. The molecule has 0 amide bonds. The molecule has 2 aromatic rings. The van der Waals surface area contributed by atoms with Crippen molar-refractivity contribution in [3.63, 3.8) is 0 Å². The molecule has 0 fully saturated rings. The average molecular weight is 251 g/mol. The van der Waals surface area contributed by atoms with Crippen molar-refractivity contribution in [1.82, 2.24) is 0 Å². The van der Waals surface area contributed by atoms with Gasteiger partial charge >= 0.3 is 0 Å². The predicted octanol–water partition coefficient (Wildman–Crippen LogP) is 2.48. The maximum Gasteiger partial charge on any atom is 0.204 e. The zero-order valence-electron chi connectivity index (χ0n) is 10.9. The first-order valence-corrected chi connectivity index (χ1v) is 5.60. The third kappa shape index (κ3) is 1.86. The normalized spacial score (nSPS) is 12.5. The third-order valence-corrected chi connectivity index (χ3v) is 2.79. The number of methoxy groups -OCH3 is 3. The standard InChI is InChI=1S/C13H17NO4/c1-7(14)9-5-8-10(18-9)6-11(15-2)13(17-4)12(8)16-3/h5-7H,14H2,1-4H3. The van der Waals surface area contributed by atoms with Gasteiger partial charge in [-0.15, -0.1) is 0 Å². The minimum atomic E-state index is -0.181. The van der Waals surface area contributed by atoms with Gasteiger partial charge in [0.15, 0.2) is 11.5 Å². The van der Waals surface area contributed by atoms with Crippen molar-refractivity contribution in [2.45, 2.75) is 13.0 Å². The molecule has 0 spiro atoms. The van der Waals surface area contributed by atoms with Crippen LogP contribution in [0.25, 0.3) is 11.0 Å². The van der Waals surface area contributed by atoms with Gasteiger partial charge in [-0.1, -0.05) is 0 Å². The second kappa shape index (κ2) is 4.78. The van der Waals surface area contributed by atoms with Gasteiger partial charge in [-0.05, 0) is 13.0 Å². The van der Waals surface area contributed by atoms with E-state index in [1.165, 1.54) is 0 Å². The van der Waals surface area contributed by atoms with E-state index in [1.807, 2.05) is 13.0 Å². The highest BCUT2D eigenvalue weighted by Crippen LogP contribution is 2.44. The Kier molecular flexibility index (Phi) is 3.34. The van der Waals surface area contributed by atoms with Crippen molar-refractivity contribution in [1.29, 1.82) is 0 Å². The summed E-state index contributed by atoms with van der Waals surface area (Å²) in [5.41, 5.74) is 6.48. The summed E-state index contributed by atoms with van der Waals surface area (Å²) in [6, 6.07) is 3.45. The number of nitrogens with two attached hydrogens (primary N) is 1. The fourth-order valence-corrected chi connectivity index (χ4v) is 1.90. The molecule has 0 bridgehead atoms. The van der Waals surface area contributed by atoms with Gasteiger partial charge in [0.2, 0.25) is 5.75 Å². The van der Waals surface area contributed by atoms with Crippen molar-refractivity contribution >= 4 is 11.0 Å². The number of rotatable bonds is 4. The molecule has 0 saturated heterocycles. The lowest BCUT2D eigenvalue weighted by Gasteiger charge is -2.12. The molecule has 1 unspecified atom stereocenters. The molecule has 1 aromatic heterocycles. The lowest BCUT2D eigenvalue weighted by atomic mass is 10.2. The molecule has 2 rings (SSSR count). The van der Waals surface area contributed by atoms with Gasteiger partial charge in [0.1, 0.15) is 11.3 Å². The van der Waals surface area contributed by atoms with Crippen LogP contribution in [-0.4, -0.2) is 21.3 Å². The van der Waals surface area contributed by atoms with Crippen LogP contribution in [0.5, 0.6) is 17.2 Å². The van der Waals surface area contributed by atoms with Gasteiger partial charge in [0.05, 0.1) is 32.8 Å². The Bertz CT molecular complexity index is 560. The zero-order chi connectivity index (χ0) is 13.3. The van der Waals surface area contributed by atoms with Gasteiger partial charge in [-0.3, -0.25) is 0 Å². The van der Waals surface area contributed by atoms with Crippen LogP contribution in [0.1, 0.15) is 18.7 Å². The molecule has 2 N–H and O–H groups in total. The Morgan fingerprint density at radius 1 is 1.06 bits per heavy atom. The molecule has 1 atom stereocenters. The van der Waals surface area contributed by atoms with Gasteiger partial charge in [0, 0.05) is 6.07 Å². The Morgan fingerprint density at radius 2 is 1.72 bits per heavy atom. The Labute approximate surface area is 105 Å². The minimum absolute atomic E-state index is 0.181. The van der Waals surface area contributed by atoms with Gasteiger partial charge < -0.3 is 24.4 Å². The Balaban J connectivity index is 2.75. The van der Waals surface area contributed by atoms with Crippen molar-refractivity contribution in [2.24, 2.45) is 5.73 Å². The SMILES string of the molecule is COc1cc2oc(C(C)N)cc2c(OC)c1OC. The van der Waals surface area contributed by atoms with E-state index < -0.39 is 0 Å². The number of fused-ring (bicyclic) bond motifs is 1. The summed E-state index contributed by atoms with van der Waals surface area (Å²) in [6.07, 6.45) is 0. The van der Waals surface area contributed by atoms with Crippen molar-refractivity contribution in [3.8, 4) is 17.2 Å². The summed E-state index contributed by atoms with van der Waals surface area (Å²) < 4.78 is 21.6. The van der Waals surface area contributed by atoms with Gasteiger partial charge in [0.25, 0.3) is 0 Å². The molecule has 0 aliphatic rings. The second-order valence-electron chi connectivity index (χ2n) is 3.99. The van der Waals surface area contributed by atoms with E-state index in [1.54, 1.807) is 27.4 Å². The highest BCUT2D eigenvalue weighted by Gasteiger charge is 2.19. The van der Waals surface area contributed by atoms with Crippen LogP contribution < -0.4 is 19.9 Å². The van der Waals surface area contributed by atoms with E-state index in [9.17, 15) is 0 Å². The molecule has 98 valence electrons. The highest BCUT2D eigenvalue weighted by atomic mass is 16.5. The highest BCUT2D eigenvalue weighted by molar-refractivity contribution is 5.90. The molecule has 5 heteroatoms. The van der Waals surface area contributed by atoms with Crippen LogP contribution in [0.4, 0.5) is 0 Å². The summed E-state index contributed by atoms with van der Waals surface area (Å²) in [7, 11) is 4.71. The van der Waals surface area contributed by atoms with E-state index in [0.717, 1.165) is 5.39 Å². The summed E-state index contributed by atoms with van der Waals surface area (Å²) in [5, 5.41) is 0.822. The van der Waals surface area contributed by atoms with Crippen molar-refractivity contribution in [2.75, 3.05) is 21.3 Å². The van der Waals surface area contributed by atoms with Gasteiger partial charge in [-0.2, -0.15) is 0 Å². The summed E-state index contributed by atoms with van der Waals surface area (Å²) in [4.78, 5) is 0. The maximum atomic E-state index is 5.81. The van der Waals surface area contributed by atoms with Crippen LogP contribution >= 0.6 is 0 Å². The van der Waals surface area contributed by atoms with E-state index in [2.05, 4.69) is 0 Å².